The zero-order valence-corrected chi connectivity index (χ0v) is 12.5. The number of para-hydroxylation sites is 1. The van der Waals surface area contributed by atoms with Crippen molar-refractivity contribution in [3.8, 4) is 0 Å². The van der Waals surface area contributed by atoms with Gasteiger partial charge in [-0.1, -0.05) is 35.9 Å². The van der Waals surface area contributed by atoms with E-state index in [1.54, 1.807) is 6.20 Å². The quantitative estimate of drug-likeness (QED) is 0.557. The smallest absolute Gasteiger partial charge is 0.183 e. The largest absolute Gasteiger partial charge is 0.456 e. The van der Waals surface area contributed by atoms with E-state index < -0.39 is 0 Å². The van der Waals surface area contributed by atoms with Crippen molar-refractivity contribution in [3.05, 3.63) is 58.0 Å². The Morgan fingerprint density at radius 3 is 2.81 bits per heavy atom. The van der Waals surface area contributed by atoms with E-state index in [1.165, 1.54) is 11.3 Å². The van der Waals surface area contributed by atoms with Crippen molar-refractivity contribution in [2.24, 2.45) is 0 Å². The fraction of sp³-hybridized carbons (Fsp3) is 0.0625. The Hall–Kier alpha value is -2.04. The van der Waals surface area contributed by atoms with Gasteiger partial charge in [0, 0.05) is 22.1 Å². The van der Waals surface area contributed by atoms with Crippen molar-refractivity contribution in [1.82, 2.24) is 4.98 Å². The monoisotopic (exact) mass is 314 g/mol. The summed E-state index contributed by atoms with van der Waals surface area (Å²) >= 11 is 7.35. The fourth-order valence-electron chi connectivity index (χ4n) is 2.47. The molecule has 0 aliphatic heterocycles. The normalized spacial score (nSPS) is 11.3. The number of halogens is 1. The molecular formula is C16H11ClN2OS. The summed E-state index contributed by atoms with van der Waals surface area (Å²) < 4.78 is 6.45. The Kier molecular flexibility index (Phi) is 3.05. The Morgan fingerprint density at radius 2 is 1.95 bits per heavy atom. The highest BCUT2D eigenvalue weighted by Crippen LogP contribution is 2.34. The second-order valence-electron chi connectivity index (χ2n) is 4.71. The summed E-state index contributed by atoms with van der Waals surface area (Å²) in [6.07, 6.45) is 1.80. The third-order valence-electron chi connectivity index (χ3n) is 3.38. The molecule has 2 aromatic heterocycles. The molecule has 21 heavy (non-hydrogen) atoms. The zero-order valence-electron chi connectivity index (χ0n) is 11.0. The predicted molar refractivity (Wildman–Crippen MR) is 88.2 cm³/mol. The number of anilines is 1. The lowest BCUT2D eigenvalue weighted by molar-refractivity contribution is 0.669. The number of benzene rings is 2. The molecule has 0 radical (unpaired) electrons. The first kappa shape index (κ1) is 12.7. The SMILES string of the molecule is Clc1ncc(CNc2cccc3oc4ccccc4c23)s1. The number of furan rings is 1. The van der Waals surface area contributed by atoms with Gasteiger partial charge < -0.3 is 9.73 Å². The molecule has 0 unspecified atom stereocenters. The number of nitrogens with zero attached hydrogens (tertiary/aromatic N) is 1. The van der Waals surface area contributed by atoms with E-state index in [0.717, 1.165) is 32.5 Å². The third kappa shape index (κ3) is 2.26. The summed E-state index contributed by atoms with van der Waals surface area (Å²) in [5.74, 6) is 0. The van der Waals surface area contributed by atoms with E-state index in [-0.39, 0.29) is 0 Å². The molecule has 0 fully saturated rings. The standard InChI is InChI=1S/C16H11ClN2OS/c17-16-19-9-10(21-16)8-18-12-5-3-7-14-15(12)11-4-1-2-6-13(11)20-14/h1-7,9,18H,8H2. The van der Waals surface area contributed by atoms with Gasteiger partial charge >= 0.3 is 0 Å². The number of thiazole rings is 1. The fourth-order valence-corrected chi connectivity index (χ4v) is 3.39. The minimum atomic E-state index is 0.568. The molecule has 4 rings (SSSR count). The molecule has 5 heteroatoms. The molecule has 2 heterocycles. The van der Waals surface area contributed by atoms with Crippen LogP contribution in [0.5, 0.6) is 0 Å². The lowest BCUT2D eigenvalue weighted by Gasteiger charge is -2.05. The van der Waals surface area contributed by atoms with Gasteiger partial charge in [-0.2, -0.15) is 0 Å². The summed E-state index contributed by atoms with van der Waals surface area (Å²) in [4.78, 5) is 5.16. The van der Waals surface area contributed by atoms with Crippen LogP contribution in [0.1, 0.15) is 4.88 Å². The zero-order chi connectivity index (χ0) is 14.2. The predicted octanol–water partition coefficient (Wildman–Crippen LogP) is 5.31. The highest BCUT2D eigenvalue weighted by molar-refractivity contribution is 7.15. The van der Waals surface area contributed by atoms with E-state index in [2.05, 4.69) is 22.4 Å². The lowest BCUT2D eigenvalue weighted by atomic mass is 10.1. The summed E-state index contributed by atoms with van der Waals surface area (Å²) in [6, 6.07) is 14.1. The van der Waals surface area contributed by atoms with E-state index in [4.69, 9.17) is 16.0 Å². The highest BCUT2D eigenvalue weighted by atomic mass is 35.5. The molecule has 0 spiro atoms. The van der Waals surface area contributed by atoms with Crippen molar-refractivity contribution in [3.63, 3.8) is 0 Å². The van der Waals surface area contributed by atoms with Crippen LogP contribution in [0.15, 0.2) is 53.1 Å². The molecule has 4 aromatic rings. The van der Waals surface area contributed by atoms with Crippen molar-refractivity contribution in [2.75, 3.05) is 5.32 Å². The molecule has 104 valence electrons. The van der Waals surface area contributed by atoms with E-state index in [9.17, 15) is 0 Å². The maximum atomic E-state index is 5.88. The number of fused-ring (bicyclic) bond motifs is 3. The van der Waals surface area contributed by atoms with Gasteiger partial charge in [-0.15, -0.1) is 11.3 Å². The number of aromatic nitrogens is 1. The van der Waals surface area contributed by atoms with Gasteiger partial charge in [0.1, 0.15) is 11.2 Å². The minimum absolute atomic E-state index is 0.568. The van der Waals surface area contributed by atoms with E-state index >= 15 is 0 Å². The number of nitrogens with one attached hydrogen (secondary N) is 1. The number of hydrogen-bond donors (Lipinski definition) is 1. The Labute approximate surface area is 130 Å². The summed E-state index contributed by atoms with van der Waals surface area (Å²) in [5, 5.41) is 5.68. The minimum Gasteiger partial charge on any atom is -0.456 e. The second-order valence-corrected chi connectivity index (χ2v) is 6.41. The molecule has 0 bridgehead atoms. The first-order valence-electron chi connectivity index (χ1n) is 6.55. The first-order chi connectivity index (χ1) is 10.3. The van der Waals surface area contributed by atoms with Crippen molar-refractivity contribution in [1.29, 1.82) is 0 Å². The first-order valence-corrected chi connectivity index (χ1v) is 7.75. The van der Waals surface area contributed by atoms with Gasteiger partial charge in [-0.3, -0.25) is 0 Å². The van der Waals surface area contributed by atoms with Crippen LogP contribution in [0.4, 0.5) is 5.69 Å². The lowest BCUT2D eigenvalue weighted by Crippen LogP contribution is -1.97. The van der Waals surface area contributed by atoms with Gasteiger partial charge in [0.25, 0.3) is 0 Å². The second kappa shape index (κ2) is 5.06. The molecule has 2 aromatic carbocycles. The van der Waals surface area contributed by atoms with Crippen molar-refractivity contribution < 1.29 is 4.42 Å². The van der Waals surface area contributed by atoms with Crippen LogP contribution < -0.4 is 5.32 Å². The Balaban J connectivity index is 1.77. The van der Waals surface area contributed by atoms with Crippen LogP contribution >= 0.6 is 22.9 Å². The van der Waals surface area contributed by atoms with Crippen molar-refractivity contribution >= 4 is 50.6 Å². The van der Waals surface area contributed by atoms with Crippen LogP contribution in [0.3, 0.4) is 0 Å². The topological polar surface area (TPSA) is 38.1 Å². The molecule has 1 N–H and O–H groups in total. The molecule has 0 saturated carbocycles. The van der Waals surface area contributed by atoms with Crippen LogP contribution in [0.2, 0.25) is 4.47 Å². The Bertz CT molecular complexity index is 928. The average molecular weight is 315 g/mol. The van der Waals surface area contributed by atoms with Crippen LogP contribution in [-0.2, 0) is 6.54 Å². The van der Waals surface area contributed by atoms with Gasteiger partial charge in [0.15, 0.2) is 4.47 Å². The summed E-state index contributed by atoms with van der Waals surface area (Å²) in [7, 11) is 0. The van der Waals surface area contributed by atoms with E-state index in [0.29, 0.717) is 11.0 Å². The maximum absolute atomic E-state index is 5.88. The van der Waals surface area contributed by atoms with Gasteiger partial charge in [-0.05, 0) is 18.2 Å². The third-order valence-corrected chi connectivity index (χ3v) is 4.50. The van der Waals surface area contributed by atoms with Crippen molar-refractivity contribution in [2.45, 2.75) is 6.54 Å². The molecule has 0 aliphatic rings. The molecule has 0 atom stereocenters. The molecule has 0 saturated heterocycles. The molecule has 0 amide bonds. The summed E-state index contributed by atoms with van der Waals surface area (Å²) in [5.41, 5.74) is 2.85. The highest BCUT2D eigenvalue weighted by Gasteiger charge is 2.10. The molecule has 3 nitrogen and oxygen atoms in total. The van der Waals surface area contributed by atoms with Crippen LogP contribution in [0, 0.1) is 0 Å². The number of rotatable bonds is 3. The Morgan fingerprint density at radius 1 is 1.10 bits per heavy atom. The van der Waals surface area contributed by atoms with Crippen LogP contribution in [-0.4, -0.2) is 4.98 Å². The molecule has 0 aliphatic carbocycles. The number of hydrogen-bond acceptors (Lipinski definition) is 4. The van der Waals surface area contributed by atoms with Gasteiger partial charge in [-0.25, -0.2) is 4.98 Å². The maximum Gasteiger partial charge on any atom is 0.183 e. The average Bonchev–Trinajstić information content (AvgIpc) is 3.08. The van der Waals surface area contributed by atoms with Crippen LogP contribution in [0.25, 0.3) is 21.9 Å². The van der Waals surface area contributed by atoms with Gasteiger partial charge in [0.2, 0.25) is 0 Å². The summed E-state index contributed by atoms with van der Waals surface area (Å²) in [6.45, 7) is 0.697. The van der Waals surface area contributed by atoms with Gasteiger partial charge in [0.05, 0.1) is 11.9 Å². The van der Waals surface area contributed by atoms with E-state index in [1.807, 2.05) is 30.3 Å². The molecular weight excluding hydrogens is 304 g/mol.